The summed E-state index contributed by atoms with van der Waals surface area (Å²) >= 11 is 3.56. The van der Waals surface area contributed by atoms with Gasteiger partial charge in [-0.05, 0) is 55.5 Å². The smallest absolute Gasteiger partial charge is 0.0323 e. The Morgan fingerprint density at radius 3 is 3.13 bits per heavy atom. The number of nitrogens with one attached hydrogen (secondary N) is 1. The van der Waals surface area contributed by atoms with Gasteiger partial charge in [0.25, 0.3) is 0 Å². The van der Waals surface area contributed by atoms with E-state index in [9.17, 15) is 0 Å². The van der Waals surface area contributed by atoms with E-state index in [1.54, 1.807) is 0 Å². The van der Waals surface area contributed by atoms with Crippen LogP contribution >= 0.6 is 15.9 Å². The third-order valence-electron chi connectivity index (χ3n) is 3.06. The molecular formula is C13H18BrN. The summed E-state index contributed by atoms with van der Waals surface area (Å²) in [6.45, 7) is 3.34. The maximum atomic E-state index is 3.63. The van der Waals surface area contributed by atoms with Gasteiger partial charge in [0.2, 0.25) is 0 Å². The van der Waals surface area contributed by atoms with E-state index in [4.69, 9.17) is 0 Å². The molecule has 0 saturated heterocycles. The minimum absolute atomic E-state index is 0.575. The quantitative estimate of drug-likeness (QED) is 0.878. The van der Waals surface area contributed by atoms with Crippen LogP contribution in [0.3, 0.4) is 0 Å². The third kappa shape index (κ3) is 2.61. The first kappa shape index (κ1) is 11.2. The SMILES string of the molecule is CCCNC1CCCc2ccc(Br)cc21. The zero-order chi connectivity index (χ0) is 10.7. The van der Waals surface area contributed by atoms with E-state index in [1.807, 2.05) is 0 Å². The molecular weight excluding hydrogens is 250 g/mol. The average Bonchev–Trinajstić information content (AvgIpc) is 2.26. The topological polar surface area (TPSA) is 12.0 Å². The lowest BCUT2D eigenvalue weighted by molar-refractivity contribution is 0.460. The van der Waals surface area contributed by atoms with Crippen molar-refractivity contribution >= 4 is 15.9 Å². The second kappa shape index (κ2) is 5.13. The number of halogens is 1. The van der Waals surface area contributed by atoms with E-state index in [-0.39, 0.29) is 0 Å². The van der Waals surface area contributed by atoms with Crippen LogP contribution in [0.2, 0.25) is 0 Å². The Bertz CT molecular complexity index is 335. The molecule has 0 amide bonds. The van der Waals surface area contributed by atoms with Crippen LogP contribution < -0.4 is 5.32 Å². The molecule has 15 heavy (non-hydrogen) atoms. The number of hydrogen-bond donors (Lipinski definition) is 1. The molecule has 0 radical (unpaired) electrons. The van der Waals surface area contributed by atoms with Gasteiger partial charge < -0.3 is 5.32 Å². The Hall–Kier alpha value is -0.340. The molecule has 0 saturated carbocycles. The molecule has 1 aromatic rings. The molecule has 0 aromatic heterocycles. The Morgan fingerprint density at radius 1 is 1.47 bits per heavy atom. The predicted octanol–water partition coefficient (Wildman–Crippen LogP) is 3.83. The summed E-state index contributed by atoms with van der Waals surface area (Å²) in [6, 6.07) is 7.27. The number of fused-ring (bicyclic) bond motifs is 1. The van der Waals surface area contributed by atoms with Gasteiger partial charge in [0, 0.05) is 10.5 Å². The summed E-state index contributed by atoms with van der Waals surface area (Å²) < 4.78 is 1.20. The monoisotopic (exact) mass is 267 g/mol. The van der Waals surface area contributed by atoms with E-state index >= 15 is 0 Å². The van der Waals surface area contributed by atoms with Gasteiger partial charge in [-0.15, -0.1) is 0 Å². The first-order chi connectivity index (χ1) is 7.31. The van der Waals surface area contributed by atoms with Crippen molar-refractivity contribution in [2.75, 3.05) is 6.54 Å². The maximum absolute atomic E-state index is 3.63. The molecule has 0 bridgehead atoms. The molecule has 1 aliphatic rings. The molecule has 1 nitrogen and oxygen atoms in total. The van der Waals surface area contributed by atoms with Crippen molar-refractivity contribution in [2.45, 2.75) is 38.6 Å². The van der Waals surface area contributed by atoms with Crippen molar-refractivity contribution in [1.82, 2.24) is 5.32 Å². The lowest BCUT2D eigenvalue weighted by atomic mass is 9.88. The van der Waals surface area contributed by atoms with Gasteiger partial charge in [-0.2, -0.15) is 0 Å². The predicted molar refractivity (Wildman–Crippen MR) is 68.1 cm³/mol. The van der Waals surface area contributed by atoms with Crippen molar-refractivity contribution in [3.8, 4) is 0 Å². The van der Waals surface area contributed by atoms with Crippen molar-refractivity contribution in [2.24, 2.45) is 0 Å². The second-order valence-corrected chi connectivity index (χ2v) is 5.16. The van der Waals surface area contributed by atoms with E-state index in [0.717, 1.165) is 6.54 Å². The summed E-state index contributed by atoms with van der Waals surface area (Å²) in [5, 5.41) is 3.63. The fraction of sp³-hybridized carbons (Fsp3) is 0.538. The Morgan fingerprint density at radius 2 is 2.33 bits per heavy atom. The average molecular weight is 268 g/mol. The number of rotatable bonds is 3. The second-order valence-electron chi connectivity index (χ2n) is 4.24. The van der Waals surface area contributed by atoms with Crippen molar-refractivity contribution in [3.63, 3.8) is 0 Å². The molecule has 0 aliphatic heterocycles. The fourth-order valence-corrected chi connectivity index (χ4v) is 2.68. The molecule has 0 heterocycles. The summed E-state index contributed by atoms with van der Waals surface area (Å²) in [4.78, 5) is 0. The molecule has 1 aromatic carbocycles. The zero-order valence-electron chi connectivity index (χ0n) is 9.22. The minimum atomic E-state index is 0.575. The molecule has 82 valence electrons. The van der Waals surface area contributed by atoms with E-state index in [1.165, 1.54) is 41.3 Å². The highest BCUT2D eigenvalue weighted by Gasteiger charge is 2.19. The lowest BCUT2D eigenvalue weighted by Crippen LogP contribution is -2.25. The number of benzene rings is 1. The molecule has 1 aliphatic carbocycles. The van der Waals surface area contributed by atoms with Gasteiger partial charge in [-0.1, -0.05) is 28.9 Å². The highest BCUT2D eigenvalue weighted by atomic mass is 79.9. The Kier molecular flexibility index (Phi) is 3.81. The zero-order valence-corrected chi connectivity index (χ0v) is 10.8. The van der Waals surface area contributed by atoms with E-state index < -0.39 is 0 Å². The van der Waals surface area contributed by atoms with E-state index in [0.29, 0.717) is 6.04 Å². The first-order valence-corrected chi connectivity index (χ1v) is 6.62. The lowest BCUT2D eigenvalue weighted by Gasteiger charge is -2.26. The number of aryl methyl sites for hydroxylation is 1. The van der Waals surface area contributed by atoms with Crippen LogP contribution in [0.4, 0.5) is 0 Å². The molecule has 0 fully saturated rings. The van der Waals surface area contributed by atoms with Gasteiger partial charge in [0.15, 0.2) is 0 Å². The maximum Gasteiger partial charge on any atom is 0.0323 e. The van der Waals surface area contributed by atoms with Crippen molar-refractivity contribution < 1.29 is 0 Å². The Labute approximate surface area is 100 Å². The standard InChI is InChI=1S/C13H18BrN/c1-2-8-15-13-5-3-4-10-6-7-11(14)9-12(10)13/h6-7,9,13,15H,2-5,8H2,1H3. The van der Waals surface area contributed by atoms with Crippen molar-refractivity contribution in [3.05, 3.63) is 33.8 Å². The molecule has 2 heteroatoms. The summed E-state index contributed by atoms with van der Waals surface area (Å²) in [5.41, 5.74) is 3.03. The van der Waals surface area contributed by atoms with Crippen LogP contribution in [0.5, 0.6) is 0 Å². The fourth-order valence-electron chi connectivity index (χ4n) is 2.30. The largest absolute Gasteiger partial charge is 0.310 e. The summed E-state index contributed by atoms with van der Waals surface area (Å²) in [7, 11) is 0. The summed E-state index contributed by atoms with van der Waals surface area (Å²) in [5.74, 6) is 0. The molecule has 2 rings (SSSR count). The highest BCUT2D eigenvalue weighted by Crippen LogP contribution is 2.31. The van der Waals surface area contributed by atoms with Crippen LogP contribution in [-0.2, 0) is 6.42 Å². The highest BCUT2D eigenvalue weighted by molar-refractivity contribution is 9.10. The van der Waals surface area contributed by atoms with Gasteiger partial charge in [0.1, 0.15) is 0 Å². The molecule has 0 spiro atoms. The van der Waals surface area contributed by atoms with Gasteiger partial charge in [-0.3, -0.25) is 0 Å². The molecule has 1 atom stereocenters. The Balaban J connectivity index is 2.20. The first-order valence-electron chi connectivity index (χ1n) is 5.83. The third-order valence-corrected chi connectivity index (χ3v) is 3.56. The van der Waals surface area contributed by atoms with Crippen LogP contribution in [0, 0.1) is 0 Å². The van der Waals surface area contributed by atoms with Gasteiger partial charge in [0.05, 0.1) is 0 Å². The van der Waals surface area contributed by atoms with Crippen LogP contribution in [-0.4, -0.2) is 6.54 Å². The van der Waals surface area contributed by atoms with Crippen molar-refractivity contribution in [1.29, 1.82) is 0 Å². The summed E-state index contributed by atoms with van der Waals surface area (Å²) in [6.07, 6.45) is 5.05. The minimum Gasteiger partial charge on any atom is -0.310 e. The number of hydrogen-bond acceptors (Lipinski definition) is 1. The van der Waals surface area contributed by atoms with Crippen LogP contribution in [0.15, 0.2) is 22.7 Å². The van der Waals surface area contributed by atoms with Gasteiger partial charge in [-0.25, -0.2) is 0 Å². The van der Waals surface area contributed by atoms with Crippen LogP contribution in [0.1, 0.15) is 43.4 Å². The van der Waals surface area contributed by atoms with Gasteiger partial charge >= 0.3 is 0 Å². The van der Waals surface area contributed by atoms with E-state index in [2.05, 4.69) is 46.4 Å². The molecule has 1 unspecified atom stereocenters. The molecule has 1 N–H and O–H groups in total. The normalized spacial score (nSPS) is 20.0. The van der Waals surface area contributed by atoms with Crippen LogP contribution in [0.25, 0.3) is 0 Å².